The Hall–Kier alpha value is -2.05. The Morgan fingerprint density at radius 3 is 2.87 bits per heavy atom. The molecule has 4 nitrogen and oxygen atoms in total. The SMILES string of the molecule is Cc1ccccc1N1CSC2=N/C(=C/c3cccs3)C(=O)N2C1. The molecule has 2 aliphatic rings. The molecule has 4 rings (SSSR count). The summed E-state index contributed by atoms with van der Waals surface area (Å²) >= 11 is 3.22. The van der Waals surface area contributed by atoms with Gasteiger partial charge in [-0.05, 0) is 36.1 Å². The fourth-order valence-electron chi connectivity index (χ4n) is 2.68. The number of thiophene rings is 1. The largest absolute Gasteiger partial charge is 0.343 e. The molecule has 0 saturated carbocycles. The van der Waals surface area contributed by atoms with Crippen molar-refractivity contribution in [1.29, 1.82) is 0 Å². The number of para-hydroxylation sites is 1. The van der Waals surface area contributed by atoms with Gasteiger partial charge in [0.1, 0.15) is 12.4 Å². The van der Waals surface area contributed by atoms with Gasteiger partial charge in [0.2, 0.25) is 0 Å². The first-order chi connectivity index (χ1) is 11.2. The van der Waals surface area contributed by atoms with Crippen LogP contribution >= 0.6 is 23.1 Å². The predicted octanol–water partition coefficient (Wildman–Crippen LogP) is 3.76. The fraction of sp³-hybridized carbons (Fsp3) is 0.176. The van der Waals surface area contributed by atoms with Gasteiger partial charge in [0, 0.05) is 10.6 Å². The van der Waals surface area contributed by atoms with Crippen LogP contribution in [0.1, 0.15) is 10.4 Å². The number of amidine groups is 1. The van der Waals surface area contributed by atoms with Crippen LogP contribution in [0.2, 0.25) is 0 Å². The minimum absolute atomic E-state index is 0.0146. The molecule has 0 atom stereocenters. The molecule has 2 aliphatic heterocycles. The summed E-state index contributed by atoms with van der Waals surface area (Å²) in [4.78, 5) is 22.2. The highest BCUT2D eigenvalue weighted by Gasteiger charge is 2.35. The molecule has 0 aliphatic carbocycles. The minimum Gasteiger partial charge on any atom is -0.343 e. The minimum atomic E-state index is -0.0146. The van der Waals surface area contributed by atoms with Gasteiger partial charge in [0.15, 0.2) is 5.17 Å². The maximum absolute atomic E-state index is 12.6. The van der Waals surface area contributed by atoms with E-state index in [0.717, 1.165) is 15.9 Å². The van der Waals surface area contributed by atoms with E-state index < -0.39 is 0 Å². The molecule has 6 heteroatoms. The monoisotopic (exact) mass is 341 g/mol. The van der Waals surface area contributed by atoms with Crippen LogP contribution in [-0.2, 0) is 4.79 Å². The summed E-state index contributed by atoms with van der Waals surface area (Å²) < 4.78 is 0. The molecule has 1 fully saturated rings. The number of fused-ring (bicyclic) bond motifs is 1. The lowest BCUT2D eigenvalue weighted by molar-refractivity contribution is -0.122. The van der Waals surface area contributed by atoms with Gasteiger partial charge in [0.05, 0.1) is 5.88 Å². The molecule has 0 unspecified atom stereocenters. The standard InChI is InChI=1S/C17H15N3OS2/c1-12-5-2-3-7-15(12)19-10-20-16(21)14(18-17(20)23-11-19)9-13-6-4-8-22-13/h2-9H,10-11H2,1H3/b14-9+. The number of anilines is 1. The van der Waals surface area contributed by atoms with Crippen LogP contribution < -0.4 is 4.90 Å². The van der Waals surface area contributed by atoms with E-state index >= 15 is 0 Å². The van der Waals surface area contributed by atoms with E-state index in [4.69, 9.17) is 0 Å². The maximum atomic E-state index is 12.6. The summed E-state index contributed by atoms with van der Waals surface area (Å²) in [6.45, 7) is 2.65. The van der Waals surface area contributed by atoms with E-state index in [9.17, 15) is 4.79 Å². The Labute approximate surface area is 143 Å². The Bertz CT molecular complexity index is 811. The topological polar surface area (TPSA) is 35.9 Å². The molecule has 2 aromatic rings. The molecule has 23 heavy (non-hydrogen) atoms. The highest BCUT2D eigenvalue weighted by molar-refractivity contribution is 8.14. The Morgan fingerprint density at radius 2 is 2.09 bits per heavy atom. The molecular weight excluding hydrogens is 326 g/mol. The second-order valence-electron chi connectivity index (χ2n) is 5.41. The Balaban J connectivity index is 1.59. The van der Waals surface area contributed by atoms with Gasteiger partial charge < -0.3 is 4.90 Å². The third-order valence-corrected chi connectivity index (χ3v) is 5.68. The molecule has 0 radical (unpaired) electrons. The summed E-state index contributed by atoms with van der Waals surface area (Å²) in [5, 5.41) is 2.81. The van der Waals surface area contributed by atoms with Crippen LogP contribution in [0.15, 0.2) is 52.5 Å². The van der Waals surface area contributed by atoms with Gasteiger partial charge in [-0.1, -0.05) is 36.0 Å². The third kappa shape index (κ3) is 2.68. The smallest absolute Gasteiger partial charge is 0.280 e. The summed E-state index contributed by atoms with van der Waals surface area (Å²) in [5.41, 5.74) is 2.92. The van der Waals surface area contributed by atoms with Gasteiger partial charge in [-0.3, -0.25) is 9.69 Å². The number of nitrogens with zero attached hydrogens (tertiary/aromatic N) is 3. The van der Waals surface area contributed by atoms with Crippen molar-refractivity contribution < 1.29 is 4.79 Å². The molecule has 0 spiro atoms. The number of carbonyl (C=O) groups is 1. The summed E-state index contributed by atoms with van der Waals surface area (Å²) in [6, 6.07) is 12.2. The van der Waals surface area contributed by atoms with Crippen LogP contribution in [0.3, 0.4) is 0 Å². The van der Waals surface area contributed by atoms with Crippen LogP contribution in [0.4, 0.5) is 5.69 Å². The molecule has 0 N–H and O–H groups in total. The zero-order chi connectivity index (χ0) is 15.8. The Morgan fingerprint density at radius 1 is 1.22 bits per heavy atom. The lowest BCUT2D eigenvalue weighted by atomic mass is 10.2. The first-order valence-electron chi connectivity index (χ1n) is 7.31. The molecular formula is C17H15N3OS2. The van der Waals surface area contributed by atoms with E-state index in [1.54, 1.807) is 28.0 Å². The fourth-order valence-corrected chi connectivity index (χ4v) is 4.29. The third-order valence-electron chi connectivity index (χ3n) is 3.85. The van der Waals surface area contributed by atoms with Crippen LogP contribution in [-0.4, -0.2) is 28.5 Å². The van der Waals surface area contributed by atoms with Crippen molar-refractivity contribution >= 4 is 45.9 Å². The van der Waals surface area contributed by atoms with Gasteiger partial charge in [-0.25, -0.2) is 4.99 Å². The molecule has 1 amide bonds. The highest BCUT2D eigenvalue weighted by atomic mass is 32.2. The van der Waals surface area contributed by atoms with Crippen LogP contribution in [0.5, 0.6) is 0 Å². The number of aryl methyl sites for hydroxylation is 1. The Kier molecular flexibility index (Phi) is 3.71. The van der Waals surface area contributed by atoms with E-state index in [0.29, 0.717) is 12.4 Å². The van der Waals surface area contributed by atoms with Crippen LogP contribution in [0, 0.1) is 6.92 Å². The summed E-state index contributed by atoms with van der Waals surface area (Å²) in [5.74, 6) is 0.791. The molecule has 0 bridgehead atoms. The molecule has 1 saturated heterocycles. The second kappa shape index (κ2) is 5.86. The van der Waals surface area contributed by atoms with Gasteiger partial charge in [-0.15, -0.1) is 11.3 Å². The maximum Gasteiger partial charge on any atom is 0.280 e. The second-order valence-corrected chi connectivity index (χ2v) is 7.31. The van der Waals surface area contributed by atoms with E-state index in [1.165, 1.54) is 11.3 Å². The number of amides is 1. The van der Waals surface area contributed by atoms with Crippen molar-refractivity contribution in [2.75, 3.05) is 17.4 Å². The number of aliphatic imine (C=N–C) groups is 1. The highest BCUT2D eigenvalue weighted by Crippen LogP contribution is 2.32. The average molecular weight is 341 g/mol. The number of carbonyl (C=O) groups excluding carboxylic acids is 1. The molecule has 3 heterocycles. The predicted molar refractivity (Wildman–Crippen MR) is 97.6 cm³/mol. The van der Waals surface area contributed by atoms with Gasteiger partial charge in [0.25, 0.3) is 5.91 Å². The first kappa shape index (κ1) is 14.5. The van der Waals surface area contributed by atoms with Crippen molar-refractivity contribution in [2.24, 2.45) is 4.99 Å². The van der Waals surface area contributed by atoms with E-state index in [2.05, 4.69) is 28.9 Å². The van der Waals surface area contributed by atoms with Crippen molar-refractivity contribution in [3.8, 4) is 0 Å². The molecule has 116 valence electrons. The van der Waals surface area contributed by atoms with Crippen molar-refractivity contribution in [2.45, 2.75) is 6.92 Å². The molecule has 1 aromatic carbocycles. The lowest BCUT2D eigenvalue weighted by Gasteiger charge is -2.35. The van der Waals surface area contributed by atoms with E-state index in [1.807, 2.05) is 35.7 Å². The molecule has 1 aromatic heterocycles. The average Bonchev–Trinajstić information content (AvgIpc) is 3.17. The lowest BCUT2D eigenvalue weighted by Crippen LogP contribution is -2.46. The van der Waals surface area contributed by atoms with Gasteiger partial charge in [-0.2, -0.15) is 0 Å². The van der Waals surface area contributed by atoms with E-state index in [-0.39, 0.29) is 5.91 Å². The summed E-state index contributed by atoms with van der Waals surface area (Å²) in [7, 11) is 0. The number of thioether (sulfide) groups is 1. The van der Waals surface area contributed by atoms with Crippen molar-refractivity contribution in [3.05, 3.63) is 57.9 Å². The number of hydrogen-bond donors (Lipinski definition) is 0. The first-order valence-corrected chi connectivity index (χ1v) is 9.18. The van der Waals surface area contributed by atoms with Crippen LogP contribution in [0.25, 0.3) is 6.08 Å². The van der Waals surface area contributed by atoms with Gasteiger partial charge >= 0.3 is 0 Å². The number of benzene rings is 1. The van der Waals surface area contributed by atoms with Crippen molar-refractivity contribution in [1.82, 2.24) is 4.90 Å². The number of hydrogen-bond acceptors (Lipinski definition) is 5. The zero-order valence-electron chi connectivity index (χ0n) is 12.6. The quantitative estimate of drug-likeness (QED) is 0.780. The summed E-state index contributed by atoms with van der Waals surface area (Å²) in [6.07, 6.45) is 1.87. The van der Waals surface area contributed by atoms with Crippen molar-refractivity contribution in [3.63, 3.8) is 0 Å². The normalized spacial score (nSPS) is 19.3. The zero-order valence-corrected chi connectivity index (χ0v) is 14.2. The number of rotatable bonds is 2.